The molecule has 0 saturated heterocycles. The molecule has 0 atom stereocenters. The van der Waals surface area contributed by atoms with Crippen molar-refractivity contribution < 1.29 is 0 Å². The zero-order valence-electron chi connectivity index (χ0n) is 5.76. The molecule has 0 unspecified atom stereocenters. The number of thiol groups is 1. The summed E-state index contributed by atoms with van der Waals surface area (Å²) in [6.07, 6.45) is 0. The molecule has 0 radical (unpaired) electrons. The van der Waals surface area contributed by atoms with E-state index in [2.05, 4.69) is 12.6 Å². The molecule has 0 fully saturated rings. The van der Waals surface area contributed by atoms with Crippen LogP contribution in [-0.4, -0.2) is 0 Å². The summed E-state index contributed by atoms with van der Waals surface area (Å²) in [7, 11) is 0. The molecule has 2 heteroatoms. The van der Waals surface area contributed by atoms with Crippen molar-refractivity contribution in [1.29, 1.82) is 0 Å². The summed E-state index contributed by atoms with van der Waals surface area (Å²) >= 11 is 10.0. The van der Waals surface area contributed by atoms with Crippen LogP contribution in [0, 0.1) is 6.92 Å². The molecule has 0 aliphatic rings. The fraction of sp³-hybridized carbons (Fsp3) is 0.250. The van der Waals surface area contributed by atoms with E-state index in [1.54, 1.807) is 0 Å². The Morgan fingerprint density at radius 2 is 2.20 bits per heavy atom. The Morgan fingerprint density at radius 3 is 2.70 bits per heavy atom. The fourth-order valence-corrected chi connectivity index (χ4v) is 1.36. The Bertz CT molecular complexity index is 233. The van der Waals surface area contributed by atoms with Gasteiger partial charge in [-0.05, 0) is 24.1 Å². The minimum atomic E-state index is 0.756. The summed E-state index contributed by atoms with van der Waals surface area (Å²) in [6, 6.07) is 5.87. The summed E-state index contributed by atoms with van der Waals surface area (Å²) in [6.45, 7) is 2.01. The van der Waals surface area contributed by atoms with Gasteiger partial charge in [-0.3, -0.25) is 0 Å². The van der Waals surface area contributed by atoms with Gasteiger partial charge in [-0.25, -0.2) is 0 Å². The minimum absolute atomic E-state index is 0.756. The molecule has 0 amide bonds. The molecule has 0 spiro atoms. The van der Waals surface area contributed by atoms with Gasteiger partial charge in [0.2, 0.25) is 0 Å². The van der Waals surface area contributed by atoms with Gasteiger partial charge in [0.1, 0.15) is 0 Å². The molecular weight excluding hydrogens is 164 g/mol. The predicted molar refractivity (Wildman–Crippen MR) is 48.9 cm³/mol. The maximum atomic E-state index is 5.86. The first-order valence-corrected chi connectivity index (χ1v) is 4.11. The van der Waals surface area contributed by atoms with Crippen molar-refractivity contribution in [3.63, 3.8) is 0 Å². The lowest BCUT2D eigenvalue weighted by atomic mass is 10.1. The molecule has 10 heavy (non-hydrogen) atoms. The molecule has 0 saturated carbocycles. The van der Waals surface area contributed by atoms with Crippen LogP contribution in [-0.2, 0) is 5.75 Å². The van der Waals surface area contributed by atoms with Crippen molar-refractivity contribution in [2.75, 3.05) is 0 Å². The lowest BCUT2D eigenvalue weighted by molar-refractivity contribution is 1.32. The van der Waals surface area contributed by atoms with Crippen LogP contribution in [0.1, 0.15) is 11.1 Å². The molecule has 1 rings (SSSR count). The summed E-state index contributed by atoms with van der Waals surface area (Å²) in [4.78, 5) is 0. The third-order valence-corrected chi connectivity index (χ3v) is 2.30. The zero-order valence-corrected chi connectivity index (χ0v) is 7.41. The van der Waals surface area contributed by atoms with E-state index in [0.717, 1.165) is 16.3 Å². The van der Waals surface area contributed by atoms with Gasteiger partial charge in [-0.1, -0.05) is 23.7 Å². The van der Waals surface area contributed by atoms with Crippen LogP contribution in [0.3, 0.4) is 0 Å². The Kier molecular flexibility index (Phi) is 2.64. The third kappa shape index (κ3) is 1.47. The smallest absolute Gasteiger partial charge is 0.0438 e. The fourth-order valence-electron chi connectivity index (χ4n) is 0.823. The second kappa shape index (κ2) is 3.31. The molecule has 54 valence electrons. The maximum Gasteiger partial charge on any atom is 0.0438 e. The lowest BCUT2D eigenvalue weighted by Crippen LogP contribution is -1.83. The van der Waals surface area contributed by atoms with E-state index >= 15 is 0 Å². The average Bonchev–Trinajstić information content (AvgIpc) is 1.95. The van der Waals surface area contributed by atoms with Crippen LogP contribution in [0.2, 0.25) is 5.02 Å². The van der Waals surface area contributed by atoms with Crippen molar-refractivity contribution in [2.45, 2.75) is 12.7 Å². The predicted octanol–water partition coefficient (Wildman–Crippen LogP) is 3.08. The third-order valence-electron chi connectivity index (χ3n) is 1.55. The second-order valence-electron chi connectivity index (χ2n) is 2.18. The standard InChI is InChI=1S/C8H9ClS/c1-6-7(5-10)3-2-4-8(6)9/h2-4,10H,5H2,1H3. The number of hydrogen-bond acceptors (Lipinski definition) is 1. The summed E-state index contributed by atoms with van der Waals surface area (Å²) in [5.74, 6) is 0.756. The van der Waals surface area contributed by atoms with E-state index in [1.807, 2.05) is 25.1 Å². The number of rotatable bonds is 1. The highest BCUT2D eigenvalue weighted by molar-refractivity contribution is 7.79. The molecule has 1 aromatic rings. The molecule has 0 aliphatic carbocycles. The first kappa shape index (κ1) is 7.96. The van der Waals surface area contributed by atoms with Crippen molar-refractivity contribution in [3.05, 3.63) is 34.3 Å². The number of halogens is 1. The normalized spacial score (nSPS) is 9.90. The van der Waals surface area contributed by atoms with Crippen LogP contribution in [0.15, 0.2) is 18.2 Å². The Hall–Kier alpha value is -0.140. The van der Waals surface area contributed by atoms with Gasteiger partial charge in [0.05, 0.1) is 0 Å². The van der Waals surface area contributed by atoms with Crippen molar-refractivity contribution in [2.24, 2.45) is 0 Å². The SMILES string of the molecule is Cc1c(Cl)cccc1CS. The monoisotopic (exact) mass is 172 g/mol. The maximum absolute atomic E-state index is 5.86. The van der Waals surface area contributed by atoms with E-state index in [1.165, 1.54) is 5.56 Å². The summed E-state index contributed by atoms with van der Waals surface area (Å²) < 4.78 is 0. The summed E-state index contributed by atoms with van der Waals surface area (Å²) in [5, 5.41) is 0.826. The number of hydrogen-bond donors (Lipinski definition) is 1. The van der Waals surface area contributed by atoms with Crippen LogP contribution >= 0.6 is 24.2 Å². The largest absolute Gasteiger partial charge is 0.175 e. The van der Waals surface area contributed by atoms with Gasteiger partial charge in [-0.2, -0.15) is 12.6 Å². The van der Waals surface area contributed by atoms with Crippen molar-refractivity contribution in [1.82, 2.24) is 0 Å². The topological polar surface area (TPSA) is 0 Å². The zero-order chi connectivity index (χ0) is 7.56. The lowest BCUT2D eigenvalue weighted by Gasteiger charge is -2.02. The Balaban J connectivity index is 3.14. The summed E-state index contributed by atoms with van der Waals surface area (Å²) in [5.41, 5.74) is 2.34. The van der Waals surface area contributed by atoms with Gasteiger partial charge in [0.15, 0.2) is 0 Å². The average molecular weight is 173 g/mol. The Labute approximate surface area is 71.6 Å². The van der Waals surface area contributed by atoms with Crippen LogP contribution in [0.25, 0.3) is 0 Å². The van der Waals surface area contributed by atoms with Crippen molar-refractivity contribution in [3.8, 4) is 0 Å². The number of benzene rings is 1. The van der Waals surface area contributed by atoms with Gasteiger partial charge < -0.3 is 0 Å². The van der Waals surface area contributed by atoms with Gasteiger partial charge >= 0.3 is 0 Å². The molecule has 0 bridgehead atoms. The molecule has 0 aromatic heterocycles. The van der Waals surface area contributed by atoms with Gasteiger partial charge in [0.25, 0.3) is 0 Å². The Morgan fingerprint density at radius 1 is 1.50 bits per heavy atom. The van der Waals surface area contributed by atoms with Crippen molar-refractivity contribution >= 4 is 24.2 Å². The minimum Gasteiger partial charge on any atom is -0.175 e. The van der Waals surface area contributed by atoms with Gasteiger partial charge in [-0.15, -0.1) is 0 Å². The molecule has 0 nitrogen and oxygen atoms in total. The molecular formula is C8H9ClS. The first-order chi connectivity index (χ1) is 4.75. The van der Waals surface area contributed by atoms with E-state index < -0.39 is 0 Å². The highest BCUT2D eigenvalue weighted by atomic mass is 35.5. The van der Waals surface area contributed by atoms with Crippen LogP contribution < -0.4 is 0 Å². The molecule has 0 aliphatic heterocycles. The molecule has 0 heterocycles. The second-order valence-corrected chi connectivity index (χ2v) is 2.91. The van der Waals surface area contributed by atoms with E-state index in [-0.39, 0.29) is 0 Å². The highest BCUT2D eigenvalue weighted by Gasteiger charge is 1.97. The van der Waals surface area contributed by atoms with E-state index in [4.69, 9.17) is 11.6 Å². The van der Waals surface area contributed by atoms with Crippen LogP contribution in [0.4, 0.5) is 0 Å². The quantitative estimate of drug-likeness (QED) is 0.619. The molecule has 1 aromatic carbocycles. The van der Waals surface area contributed by atoms with Gasteiger partial charge in [0, 0.05) is 10.8 Å². The molecule has 0 N–H and O–H groups in total. The van der Waals surface area contributed by atoms with E-state index in [0.29, 0.717) is 0 Å². The van der Waals surface area contributed by atoms with E-state index in [9.17, 15) is 0 Å². The highest BCUT2D eigenvalue weighted by Crippen LogP contribution is 2.19. The van der Waals surface area contributed by atoms with Crippen LogP contribution in [0.5, 0.6) is 0 Å². The first-order valence-electron chi connectivity index (χ1n) is 3.10.